The molecule has 1 aromatic rings. The van der Waals surface area contributed by atoms with Gasteiger partial charge >= 0.3 is 0 Å². The van der Waals surface area contributed by atoms with Gasteiger partial charge in [0.15, 0.2) is 0 Å². The second-order valence-electron chi connectivity index (χ2n) is 4.75. The van der Waals surface area contributed by atoms with E-state index in [9.17, 15) is 4.79 Å². The van der Waals surface area contributed by atoms with Gasteiger partial charge in [-0.15, -0.1) is 0 Å². The first-order valence-electron chi connectivity index (χ1n) is 7.40. The van der Waals surface area contributed by atoms with Crippen molar-refractivity contribution in [3.8, 4) is 5.75 Å². The Balaban J connectivity index is 2.57. The van der Waals surface area contributed by atoms with Gasteiger partial charge in [-0.05, 0) is 51.5 Å². The molecule has 4 nitrogen and oxygen atoms in total. The van der Waals surface area contributed by atoms with E-state index in [1.165, 1.54) is 0 Å². The third-order valence-electron chi connectivity index (χ3n) is 3.16. The van der Waals surface area contributed by atoms with Gasteiger partial charge in [0.25, 0.3) is 0 Å². The first-order valence-corrected chi connectivity index (χ1v) is 7.40. The summed E-state index contributed by atoms with van der Waals surface area (Å²) in [6.45, 7) is 10.2. The van der Waals surface area contributed by atoms with Crippen LogP contribution in [-0.4, -0.2) is 36.5 Å². The van der Waals surface area contributed by atoms with Crippen LogP contribution in [0.15, 0.2) is 24.3 Å². The largest absolute Gasteiger partial charge is 0.494 e. The molecule has 1 rings (SSSR count). The van der Waals surface area contributed by atoms with E-state index in [1.807, 2.05) is 49.9 Å². The number of hydrogen-bond acceptors (Lipinski definition) is 3. The molecule has 4 heteroatoms. The minimum absolute atomic E-state index is 0.126. The van der Waals surface area contributed by atoms with Crippen LogP contribution >= 0.6 is 0 Å². The summed E-state index contributed by atoms with van der Waals surface area (Å²) in [5.41, 5.74) is 0.932. The number of amides is 1. The van der Waals surface area contributed by atoms with E-state index >= 15 is 0 Å². The molecular formula is C16H26N2O2. The molecule has 0 bridgehead atoms. The Morgan fingerprint density at radius 2 is 1.80 bits per heavy atom. The molecule has 0 aliphatic carbocycles. The van der Waals surface area contributed by atoms with Crippen LogP contribution in [-0.2, 0) is 4.79 Å². The van der Waals surface area contributed by atoms with Crippen LogP contribution in [0.1, 0.15) is 34.1 Å². The third-order valence-corrected chi connectivity index (χ3v) is 3.16. The second-order valence-corrected chi connectivity index (χ2v) is 4.75. The summed E-state index contributed by atoms with van der Waals surface area (Å²) in [7, 11) is 0. The van der Waals surface area contributed by atoms with Gasteiger partial charge in [-0.3, -0.25) is 4.79 Å². The smallest absolute Gasteiger partial charge is 0.244 e. The van der Waals surface area contributed by atoms with Crippen molar-refractivity contribution in [3.05, 3.63) is 24.3 Å². The molecule has 20 heavy (non-hydrogen) atoms. The average molecular weight is 278 g/mol. The highest BCUT2D eigenvalue weighted by Gasteiger charge is 2.17. The summed E-state index contributed by atoms with van der Waals surface area (Å²) in [5.74, 6) is 0.987. The highest BCUT2D eigenvalue weighted by atomic mass is 16.5. The highest BCUT2D eigenvalue weighted by molar-refractivity contribution is 5.84. The van der Waals surface area contributed by atoms with Gasteiger partial charge < -0.3 is 15.0 Å². The normalized spacial score (nSPS) is 11.8. The number of nitrogens with zero attached hydrogens (tertiary/aromatic N) is 1. The molecule has 1 atom stereocenters. The number of rotatable bonds is 8. The standard InChI is InChI=1S/C16H26N2O2/c1-5-12-20-15-10-8-14(9-11-15)17-13(4)16(19)18(6-2)7-3/h8-11,13,17H,5-7,12H2,1-4H3. The lowest BCUT2D eigenvalue weighted by Crippen LogP contribution is -2.41. The number of carbonyl (C=O) groups excluding carboxylic acids is 1. The lowest BCUT2D eigenvalue weighted by molar-refractivity contribution is -0.131. The number of likely N-dealkylation sites (N-methyl/N-ethyl adjacent to an activating group) is 1. The van der Waals surface area contributed by atoms with Crippen molar-refractivity contribution in [2.75, 3.05) is 25.0 Å². The summed E-state index contributed by atoms with van der Waals surface area (Å²) in [5, 5.41) is 3.23. The van der Waals surface area contributed by atoms with Crippen LogP contribution in [0, 0.1) is 0 Å². The lowest BCUT2D eigenvalue weighted by atomic mass is 10.2. The maximum atomic E-state index is 12.2. The van der Waals surface area contributed by atoms with Crippen LogP contribution in [0.4, 0.5) is 5.69 Å². The summed E-state index contributed by atoms with van der Waals surface area (Å²) < 4.78 is 5.53. The number of anilines is 1. The van der Waals surface area contributed by atoms with Gasteiger partial charge in [0.1, 0.15) is 11.8 Å². The first kappa shape index (κ1) is 16.3. The topological polar surface area (TPSA) is 41.6 Å². The van der Waals surface area contributed by atoms with Crippen molar-refractivity contribution in [1.82, 2.24) is 4.90 Å². The molecule has 1 N–H and O–H groups in total. The minimum atomic E-state index is -0.225. The van der Waals surface area contributed by atoms with Crippen LogP contribution in [0.25, 0.3) is 0 Å². The quantitative estimate of drug-likeness (QED) is 0.794. The van der Waals surface area contributed by atoms with Crippen molar-refractivity contribution in [2.24, 2.45) is 0 Å². The van der Waals surface area contributed by atoms with E-state index in [4.69, 9.17) is 4.74 Å². The van der Waals surface area contributed by atoms with Crippen LogP contribution in [0.2, 0.25) is 0 Å². The monoisotopic (exact) mass is 278 g/mol. The fourth-order valence-corrected chi connectivity index (χ4v) is 1.99. The highest BCUT2D eigenvalue weighted by Crippen LogP contribution is 2.17. The molecule has 0 saturated heterocycles. The van der Waals surface area contributed by atoms with E-state index in [0.29, 0.717) is 0 Å². The average Bonchev–Trinajstić information content (AvgIpc) is 2.47. The molecule has 0 aliphatic rings. The fourth-order valence-electron chi connectivity index (χ4n) is 1.99. The predicted octanol–water partition coefficient (Wildman–Crippen LogP) is 3.14. The molecular weight excluding hydrogens is 252 g/mol. The van der Waals surface area contributed by atoms with Crippen LogP contribution in [0.5, 0.6) is 5.75 Å². The minimum Gasteiger partial charge on any atom is -0.494 e. The third kappa shape index (κ3) is 4.76. The van der Waals surface area contributed by atoms with E-state index in [2.05, 4.69) is 12.2 Å². The molecule has 0 spiro atoms. The summed E-state index contributed by atoms with van der Waals surface area (Å²) in [6, 6.07) is 7.50. The van der Waals surface area contributed by atoms with E-state index < -0.39 is 0 Å². The van der Waals surface area contributed by atoms with Crippen molar-refractivity contribution in [2.45, 2.75) is 40.2 Å². The Bertz CT molecular complexity index is 399. The van der Waals surface area contributed by atoms with Crippen molar-refractivity contribution in [1.29, 1.82) is 0 Å². The first-order chi connectivity index (χ1) is 9.62. The van der Waals surface area contributed by atoms with Gasteiger partial charge in [-0.1, -0.05) is 6.92 Å². The Hall–Kier alpha value is -1.71. The molecule has 0 fully saturated rings. The molecule has 1 aromatic carbocycles. The fraction of sp³-hybridized carbons (Fsp3) is 0.562. The van der Waals surface area contributed by atoms with Gasteiger partial charge in [-0.25, -0.2) is 0 Å². The van der Waals surface area contributed by atoms with Gasteiger partial charge in [0, 0.05) is 18.8 Å². The Kier molecular flexibility index (Phi) is 6.91. The molecule has 0 aromatic heterocycles. The molecule has 1 amide bonds. The molecule has 1 unspecified atom stereocenters. The van der Waals surface area contributed by atoms with E-state index in [1.54, 1.807) is 0 Å². The van der Waals surface area contributed by atoms with Crippen LogP contribution in [0.3, 0.4) is 0 Å². The Labute approximate surface area is 122 Å². The number of ether oxygens (including phenoxy) is 1. The van der Waals surface area contributed by atoms with E-state index in [0.717, 1.165) is 37.6 Å². The van der Waals surface area contributed by atoms with Crippen molar-refractivity contribution < 1.29 is 9.53 Å². The maximum Gasteiger partial charge on any atom is 0.244 e. The zero-order valence-electron chi connectivity index (χ0n) is 13.0. The summed E-state index contributed by atoms with van der Waals surface area (Å²) >= 11 is 0. The Morgan fingerprint density at radius 1 is 1.20 bits per heavy atom. The number of benzene rings is 1. The molecule has 0 saturated carbocycles. The molecule has 0 radical (unpaired) electrons. The molecule has 0 heterocycles. The molecule has 112 valence electrons. The van der Waals surface area contributed by atoms with Gasteiger partial charge in [-0.2, -0.15) is 0 Å². The Morgan fingerprint density at radius 3 is 2.30 bits per heavy atom. The number of nitrogens with one attached hydrogen (secondary N) is 1. The lowest BCUT2D eigenvalue weighted by Gasteiger charge is -2.24. The second kappa shape index (κ2) is 8.46. The zero-order chi connectivity index (χ0) is 15.0. The number of hydrogen-bond donors (Lipinski definition) is 1. The van der Waals surface area contributed by atoms with E-state index in [-0.39, 0.29) is 11.9 Å². The summed E-state index contributed by atoms with van der Waals surface area (Å²) in [6.07, 6.45) is 0.995. The molecule has 0 aliphatic heterocycles. The maximum absolute atomic E-state index is 12.2. The van der Waals surface area contributed by atoms with Crippen LogP contribution < -0.4 is 10.1 Å². The SMILES string of the molecule is CCCOc1ccc(NC(C)C(=O)N(CC)CC)cc1. The predicted molar refractivity (Wildman–Crippen MR) is 83.2 cm³/mol. The zero-order valence-corrected chi connectivity index (χ0v) is 13.0. The summed E-state index contributed by atoms with van der Waals surface area (Å²) in [4.78, 5) is 14.0. The van der Waals surface area contributed by atoms with Crippen molar-refractivity contribution >= 4 is 11.6 Å². The number of carbonyl (C=O) groups is 1. The van der Waals surface area contributed by atoms with Gasteiger partial charge in [0.2, 0.25) is 5.91 Å². The van der Waals surface area contributed by atoms with Gasteiger partial charge in [0.05, 0.1) is 6.61 Å². The van der Waals surface area contributed by atoms with Crippen molar-refractivity contribution in [3.63, 3.8) is 0 Å².